The fourth-order valence-corrected chi connectivity index (χ4v) is 1.67. The molecule has 1 aromatic carbocycles. The maximum absolute atomic E-state index is 5.95. The molecule has 0 aliphatic carbocycles. The lowest BCUT2D eigenvalue weighted by atomic mass is 10.1. The highest BCUT2D eigenvalue weighted by molar-refractivity contribution is 5.20. The number of ether oxygens (including phenoxy) is 1. The second-order valence-electron chi connectivity index (χ2n) is 4.17. The van der Waals surface area contributed by atoms with Crippen LogP contribution in [0.4, 0.5) is 0 Å². The van der Waals surface area contributed by atoms with Crippen LogP contribution in [0.25, 0.3) is 0 Å². The molecule has 0 aliphatic heterocycles. The van der Waals surface area contributed by atoms with Crippen molar-refractivity contribution in [1.82, 2.24) is 0 Å². The van der Waals surface area contributed by atoms with Crippen molar-refractivity contribution >= 4 is 0 Å². The third-order valence-corrected chi connectivity index (χ3v) is 2.47. The molecule has 0 saturated carbocycles. The molecule has 1 rings (SSSR count). The van der Waals surface area contributed by atoms with E-state index in [1.807, 2.05) is 30.3 Å². The summed E-state index contributed by atoms with van der Waals surface area (Å²) in [7, 11) is 0. The molecule has 0 aliphatic rings. The highest BCUT2D eigenvalue weighted by Crippen LogP contribution is 2.09. The van der Waals surface area contributed by atoms with Crippen molar-refractivity contribution in [3.63, 3.8) is 0 Å². The van der Waals surface area contributed by atoms with Crippen molar-refractivity contribution in [2.24, 2.45) is 11.5 Å². The monoisotopic (exact) mass is 222 g/mol. The Morgan fingerprint density at radius 1 is 1.12 bits per heavy atom. The van der Waals surface area contributed by atoms with Crippen LogP contribution in [0.15, 0.2) is 30.3 Å². The van der Waals surface area contributed by atoms with E-state index in [1.165, 1.54) is 0 Å². The number of para-hydroxylation sites is 1. The predicted molar refractivity (Wildman–Crippen MR) is 67.4 cm³/mol. The topological polar surface area (TPSA) is 61.3 Å². The molecule has 2 unspecified atom stereocenters. The molecule has 0 spiro atoms. The van der Waals surface area contributed by atoms with Gasteiger partial charge in [-0.3, -0.25) is 0 Å². The average molecular weight is 222 g/mol. The number of hydrogen-bond donors (Lipinski definition) is 2. The molecular weight excluding hydrogens is 200 g/mol. The second-order valence-corrected chi connectivity index (χ2v) is 4.17. The van der Waals surface area contributed by atoms with E-state index in [0.29, 0.717) is 6.61 Å². The first-order valence-corrected chi connectivity index (χ1v) is 5.91. The van der Waals surface area contributed by atoms with E-state index in [9.17, 15) is 0 Å². The van der Waals surface area contributed by atoms with E-state index in [2.05, 4.69) is 6.92 Å². The van der Waals surface area contributed by atoms with Crippen molar-refractivity contribution in [3.8, 4) is 5.75 Å². The summed E-state index contributed by atoms with van der Waals surface area (Å²) < 4.78 is 5.57. The Morgan fingerprint density at radius 2 is 1.81 bits per heavy atom. The van der Waals surface area contributed by atoms with Crippen LogP contribution in [0.3, 0.4) is 0 Å². The van der Waals surface area contributed by atoms with Gasteiger partial charge >= 0.3 is 0 Å². The van der Waals surface area contributed by atoms with Gasteiger partial charge in [0.15, 0.2) is 0 Å². The van der Waals surface area contributed by atoms with Crippen LogP contribution >= 0.6 is 0 Å². The van der Waals surface area contributed by atoms with Gasteiger partial charge in [-0.2, -0.15) is 0 Å². The molecule has 1 aromatic rings. The maximum Gasteiger partial charge on any atom is 0.119 e. The molecular formula is C13H22N2O. The van der Waals surface area contributed by atoms with Gasteiger partial charge in [0.2, 0.25) is 0 Å². The van der Waals surface area contributed by atoms with Crippen LogP contribution in [0, 0.1) is 0 Å². The SMILES string of the molecule is CCCC(N)CC(N)COc1ccccc1. The number of rotatable bonds is 7. The van der Waals surface area contributed by atoms with Gasteiger partial charge in [0.05, 0.1) is 0 Å². The van der Waals surface area contributed by atoms with Gasteiger partial charge in [0.1, 0.15) is 12.4 Å². The molecule has 0 saturated heterocycles. The van der Waals surface area contributed by atoms with Crippen molar-refractivity contribution in [2.75, 3.05) is 6.61 Å². The van der Waals surface area contributed by atoms with Gasteiger partial charge in [0.25, 0.3) is 0 Å². The fraction of sp³-hybridized carbons (Fsp3) is 0.538. The summed E-state index contributed by atoms with van der Waals surface area (Å²) in [4.78, 5) is 0. The average Bonchev–Trinajstić information content (AvgIpc) is 2.28. The molecule has 0 radical (unpaired) electrons. The predicted octanol–water partition coefficient (Wildman–Crippen LogP) is 1.91. The van der Waals surface area contributed by atoms with Crippen LogP contribution in [0.1, 0.15) is 26.2 Å². The zero-order chi connectivity index (χ0) is 11.8. The molecule has 3 heteroatoms. The molecule has 0 fully saturated rings. The van der Waals surface area contributed by atoms with E-state index in [1.54, 1.807) is 0 Å². The minimum absolute atomic E-state index is 0.0155. The molecule has 0 heterocycles. The minimum atomic E-state index is 0.0155. The largest absolute Gasteiger partial charge is 0.492 e. The Hall–Kier alpha value is -1.06. The molecule has 0 amide bonds. The third kappa shape index (κ3) is 5.14. The molecule has 90 valence electrons. The minimum Gasteiger partial charge on any atom is -0.492 e. The van der Waals surface area contributed by atoms with Crippen LogP contribution in [-0.2, 0) is 0 Å². The Labute approximate surface area is 97.8 Å². The summed E-state index contributed by atoms with van der Waals surface area (Å²) in [5, 5.41) is 0. The Morgan fingerprint density at radius 3 is 2.44 bits per heavy atom. The summed E-state index contributed by atoms with van der Waals surface area (Å²) in [5.41, 5.74) is 11.9. The summed E-state index contributed by atoms with van der Waals surface area (Å²) >= 11 is 0. The highest BCUT2D eigenvalue weighted by atomic mass is 16.5. The van der Waals surface area contributed by atoms with Crippen LogP contribution < -0.4 is 16.2 Å². The molecule has 16 heavy (non-hydrogen) atoms. The summed E-state index contributed by atoms with van der Waals surface area (Å²) in [5.74, 6) is 0.863. The quantitative estimate of drug-likeness (QED) is 0.741. The van der Waals surface area contributed by atoms with Crippen LogP contribution in [-0.4, -0.2) is 18.7 Å². The number of benzene rings is 1. The van der Waals surface area contributed by atoms with Crippen LogP contribution in [0.2, 0.25) is 0 Å². The fourth-order valence-electron chi connectivity index (χ4n) is 1.67. The molecule has 4 N–H and O–H groups in total. The number of nitrogens with two attached hydrogens (primary N) is 2. The Kier molecular flexibility index (Phi) is 5.90. The van der Waals surface area contributed by atoms with Gasteiger partial charge < -0.3 is 16.2 Å². The standard InChI is InChI=1S/C13H22N2O/c1-2-6-11(14)9-12(15)10-16-13-7-4-3-5-8-13/h3-5,7-8,11-12H,2,6,9-10,14-15H2,1H3. The first-order valence-electron chi connectivity index (χ1n) is 5.91. The maximum atomic E-state index is 5.95. The van der Waals surface area contributed by atoms with Crippen molar-refractivity contribution in [2.45, 2.75) is 38.3 Å². The van der Waals surface area contributed by atoms with E-state index in [0.717, 1.165) is 25.0 Å². The summed E-state index contributed by atoms with van der Waals surface area (Å²) in [6, 6.07) is 9.93. The van der Waals surface area contributed by atoms with E-state index in [4.69, 9.17) is 16.2 Å². The lowest BCUT2D eigenvalue weighted by molar-refractivity contribution is 0.274. The first-order chi connectivity index (χ1) is 7.72. The van der Waals surface area contributed by atoms with E-state index < -0.39 is 0 Å². The molecule has 2 atom stereocenters. The third-order valence-electron chi connectivity index (χ3n) is 2.47. The highest BCUT2D eigenvalue weighted by Gasteiger charge is 2.09. The van der Waals surface area contributed by atoms with Gasteiger partial charge in [-0.05, 0) is 25.0 Å². The zero-order valence-corrected chi connectivity index (χ0v) is 9.93. The normalized spacial score (nSPS) is 14.4. The summed E-state index contributed by atoms with van der Waals surface area (Å²) in [6.45, 7) is 2.66. The number of hydrogen-bond acceptors (Lipinski definition) is 3. The van der Waals surface area contributed by atoms with E-state index in [-0.39, 0.29) is 12.1 Å². The lowest BCUT2D eigenvalue weighted by Gasteiger charge is -2.17. The van der Waals surface area contributed by atoms with Crippen LogP contribution in [0.5, 0.6) is 5.75 Å². The smallest absolute Gasteiger partial charge is 0.119 e. The van der Waals surface area contributed by atoms with Gasteiger partial charge in [-0.25, -0.2) is 0 Å². The van der Waals surface area contributed by atoms with Gasteiger partial charge in [-0.15, -0.1) is 0 Å². The molecule has 0 aromatic heterocycles. The van der Waals surface area contributed by atoms with Crippen molar-refractivity contribution in [3.05, 3.63) is 30.3 Å². The molecule has 0 bridgehead atoms. The Bertz CT molecular complexity index is 277. The second kappa shape index (κ2) is 7.25. The molecule has 3 nitrogen and oxygen atoms in total. The lowest BCUT2D eigenvalue weighted by Crippen LogP contribution is -2.35. The first kappa shape index (κ1) is 13.0. The van der Waals surface area contributed by atoms with E-state index >= 15 is 0 Å². The Balaban J connectivity index is 2.22. The summed E-state index contributed by atoms with van der Waals surface area (Å²) in [6.07, 6.45) is 2.95. The zero-order valence-electron chi connectivity index (χ0n) is 9.93. The van der Waals surface area contributed by atoms with Gasteiger partial charge in [0, 0.05) is 12.1 Å². The van der Waals surface area contributed by atoms with Gasteiger partial charge in [-0.1, -0.05) is 31.5 Å². The van der Waals surface area contributed by atoms with Crippen molar-refractivity contribution in [1.29, 1.82) is 0 Å². The van der Waals surface area contributed by atoms with Crippen molar-refractivity contribution < 1.29 is 4.74 Å².